The Labute approximate surface area is 151 Å². The molecular formula is C17H12ClFIN3. The largest absolute Gasteiger partial charge is 0.317 e. The van der Waals surface area contributed by atoms with Crippen molar-refractivity contribution in [3.8, 4) is 0 Å². The molecule has 0 spiro atoms. The van der Waals surface area contributed by atoms with E-state index in [1.54, 1.807) is 12.1 Å². The lowest BCUT2D eigenvalue weighted by molar-refractivity contribution is 0.587. The van der Waals surface area contributed by atoms with Gasteiger partial charge in [0.25, 0.3) is 0 Å². The molecule has 1 N–H and O–H groups in total. The number of aromatic nitrogens is 2. The minimum atomic E-state index is -0.360. The van der Waals surface area contributed by atoms with E-state index in [1.165, 1.54) is 6.07 Å². The molecule has 2 aromatic carbocycles. The number of H-pyrrole nitrogens is 1. The van der Waals surface area contributed by atoms with E-state index in [2.05, 4.69) is 37.6 Å². The molecule has 116 valence electrons. The Kier molecular flexibility index (Phi) is 4.83. The molecule has 0 aliphatic heterocycles. The van der Waals surface area contributed by atoms with E-state index in [0.717, 1.165) is 20.2 Å². The summed E-state index contributed by atoms with van der Waals surface area (Å²) in [5.74, 6) is -0.620. The van der Waals surface area contributed by atoms with Crippen LogP contribution in [0.2, 0.25) is 5.02 Å². The number of nitrogens with one attached hydrogen (secondary N) is 1. The van der Waals surface area contributed by atoms with Gasteiger partial charge < -0.3 is 4.85 Å². The molecule has 0 fully saturated rings. The smallest absolute Gasteiger partial charge is 0.215 e. The third-order valence-corrected chi connectivity index (χ3v) is 4.89. The molecule has 0 saturated carbocycles. The maximum atomic E-state index is 14.4. The van der Waals surface area contributed by atoms with Gasteiger partial charge in [0.2, 0.25) is 6.54 Å². The van der Waals surface area contributed by atoms with E-state index >= 15 is 0 Å². The van der Waals surface area contributed by atoms with Crippen molar-refractivity contribution in [3.63, 3.8) is 0 Å². The third-order valence-electron chi connectivity index (χ3n) is 3.78. The van der Waals surface area contributed by atoms with Gasteiger partial charge in [-0.05, 0) is 46.4 Å². The zero-order chi connectivity index (χ0) is 16.4. The van der Waals surface area contributed by atoms with Crippen LogP contribution in [0, 0.1) is 16.0 Å². The zero-order valence-corrected chi connectivity index (χ0v) is 14.9. The predicted octanol–water partition coefficient (Wildman–Crippen LogP) is 5.40. The van der Waals surface area contributed by atoms with Crippen LogP contribution in [0.15, 0.2) is 36.4 Å². The summed E-state index contributed by atoms with van der Waals surface area (Å²) in [6, 6.07) is 10.6. The first-order chi connectivity index (χ1) is 11.1. The second-order valence-corrected chi connectivity index (χ2v) is 6.76. The van der Waals surface area contributed by atoms with Gasteiger partial charge in [-0.25, -0.2) is 11.0 Å². The van der Waals surface area contributed by atoms with Crippen molar-refractivity contribution >= 4 is 45.1 Å². The van der Waals surface area contributed by atoms with Gasteiger partial charge >= 0.3 is 0 Å². The highest BCUT2D eigenvalue weighted by molar-refractivity contribution is 14.1. The van der Waals surface area contributed by atoms with Crippen LogP contribution < -0.4 is 0 Å². The normalized spacial score (nSPS) is 12.3. The molecule has 3 rings (SSSR count). The monoisotopic (exact) mass is 439 g/mol. The Morgan fingerprint density at radius 1 is 1.35 bits per heavy atom. The average molecular weight is 440 g/mol. The number of halogens is 3. The molecule has 1 atom stereocenters. The first-order valence-corrected chi connectivity index (χ1v) is 8.48. The summed E-state index contributed by atoms with van der Waals surface area (Å²) in [6.07, 6.45) is 0.519. The zero-order valence-electron chi connectivity index (χ0n) is 12.0. The van der Waals surface area contributed by atoms with Gasteiger partial charge in [0, 0.05) is 26.3 Å². The van der Waals surface area contributed by atoms with Crippen LogP contribution in [0.1, 0.15) is 23.6 Å². The summed E-state index contributed by atoms with van der Waals surface area (Å²) >= 11 is 8.08. The van der Waals surface area contributed by atoms with Gasteiger partial charge in [-0.1, -0.05) is 29.8 Å². The molecule has 6 heteroatoms. The van der Waals surface area contributed by atoms with Crippen LogP contribution in [0.5, 0.6) is 0 Å². The van der Waals surface area contributed by atoms with Crippen LogP contribution in [0.25, 0.3) is 15.7 Å². The highest BCUT2D eigenvalue weighted by atomic mass is 127. The van der Waals surface area contributed by atoms with E-state index in [4.69, 9.17) is 18.2 Å². The van der Waals surface area contributed by atoms with Gasteiger partial charge in [-0.2, -0.15) is 5.10 Å². The number of fused-ring (bicyclic) bond motifs is 1. The molecule has 0 saturated heterocycles. The molecule has 0 radical (unpaired) electrons. The highest BCUT2D eigenvalue weighted by Crippen LogP contribution is 2.35. The van der Waals surface area contributed by atoms with Crippen molar-refractivity contribution in [2.75, 3.05) is 6.54 Å². The summed E-state index contributed by atoms with van der Waals surface area (Å²) in [4.78, 5) is 3.42. The van der Waals surface area contributed by atoms with Gasteiger partial charge in [0.05, 0.1) is 5.69 Å². The first-order valence-electron chi connectivity index (χ1n) is 7.02. The second kappa shape index (κ2) is 6.85. The van der Waals surface area contributed by atoms with Gasteiger partial charge in [0.1, 0.15) is 11.3 Å². The number of hydrogen-bond acceptors (Lipinski definition) is 1. The van der Waals surface area contributed by atoms with E-state index in [1.807, 2.05) is 18.2 Å². The first kappa shape index (κ1) is 16.2. The van der Waals surface area contributed by atoms with Gasteiger partial charge in [-0.3, -0.25) is 5.10 Å². The Hall–Kier alpha value is -1.65. The summed E-state index contributed by atoms with van der Waals surface area (Å²) < 4.78 is 15.4. The molecule has 3 aromatic rings. The van der Waals surface area contributed by atoms with E-state index in [9.17, 15) is 4.39 Å². The molecule has 1 aromatic heterocycles. The molecule has 0 bridgehead atoms. The van der Waals surface area contributed by atoms with Crippen LogP contribution in [0.3, 0.4) is 0 Å². The molecule has 0 aliphatic carbocycles. The maximum absolute atomic E-state index is 14.4. The summed E-state index contributed by atoms with van der Waals surface area (Å²) in [6.45, 7) is 7.37. The minimum Gasteiger partial charge on any atom is -0.317 e. The van der Waals surface area contributed by atoms with Gasteiger partial charge in [0.15, 0.2) is 0 Å². The third kappa shape index (κ3) is 3.19. The maximum Gasteiger partial charge on any atom is 0.215 e. The molecule has 1 unspecified atom stereocenters. The predicted molar refractivity (Wildman–Crippen MR) is 98.1 cm³/mol. The number of hydrogen-bond donors (Lipinski definition) is 1. The Morgan fingerprint density at radius 3 is 2.91 bits per heavy atom. The molecule has 23 heavy (non-hydrogen) atoms. The van der Waals surface area contributed by atoms with Crippen molar-refractivity contribution < 1.29 is 4.39 Å². The van der Waals surface area contributed by atoms with Crippen LogP contribution in [0.4, 0.5) is 4.39 Å². The topological polar surface area (TPSA) is 33.0 Å². The average Bonchev–Trinajstić information content (AvgIpc) is 2.95. The molecule has 1 heterocycles. The molecular weight excluding hydrogens is 428 g/mol. The fourth-order valence-electron chi connectivity index (χ4n) is 2.72. The molecule has 0 aliphatic rings. The van der Waals surface area contributed by atoms with Gasteiger partial charge in [-0.15, -0.1) is 0 Å². The SMILES string of the molecule is [C-]#[N+]CCC(c1ccc(Cl)cc1F)c1[nH]nc2c(I)cccc12. The van der Waals surface area contributed by atoms with Crippen LogP contribution in [-0.4, -0.2) is 16.7 Å². The molecule has 0 amide bonds. The minimum absolute atomic E-state index is 0.260. The lowest BCUT2D eigenvalue weighted by atomic mass is 9.90. The molecule has 3 nitrogen and oxygen atoms in total. The van der Waals surface area contributed by atoms with Crippen molar-refractivity contribution in [3.05, 3.63) is 73.5 Å². The van der Waals surface area contributed by atoms with Crippen LogP contribution >= 0.6 is 34.2 Å². The van der Waals surface area contributed by atoms with Crippen molar-refractivity contribution in [1.82, 2.24) is 10.2 Å². The van der Waals surface area contributed by atoms with E-state index in [-0.39, 0.29) is 11.7 Å². The second-order valence-electron chi connectivity index (χ2n) is 5.16. The standard InChI is InChI=1S/C17H12ClFIN3/c1-21-8-7-12(11-6-5-10(18)9-14(11)19)16-13-3-2-4-15(20)17(13)23-22-16/h2-6,9,12H,7-8H2,(H,22,23). The summed E-state index contributed by atoms with van der Waals surface area (Å²) in [7, 11) is 0. The Morgan fingerprint density at radius 2 is 2.17 bits per heavy atom. The van der Waals surface area contributed by atoms with Crippen molar-refractivity contribution in [2.24, 2.45) is 0 Å². The fourth-order valence-corrected chi connectivity index (χ4v) is 3.50. The van der Waals surface area contributed by atoms with Crippen LogP contribution in [-0.2, 0) is 0 Å². The number of aromatic amines is 1. The highest BCUT2D eigenvalue weighted by Gasteiger charge is 2.23. The summed E-state index contributed by atoms with van der Waals surface area (Å²) in [5, 5.41) is 8.73. The fraction of sp³-hybridized carbons (Fsp3) is 0.176. The Balaban J connectivity index is 2.15. The quantitative estimate of drug-likeness (QED) is 0.428. The van der Waals surface area contributed by atoms with Crippen molar-refractivity contribution in [2.45, 2.75) is 12.3 Å². The van der Waals surface area contributed by atoms with Crippen molar-refractivity contribution in [1.29, 1.82) is 0 Å². The number of rotatable bonds is 4. The number of nitrogens with zero attached hydrogens (tertiary/aromatic N) is 2. The number of para-hydroxylation sites is 1. The lowest BCUT2D eigenvalue weighted by Crippen LogP contribution is -2.06. The lowest BCUT2D eigenvalue weighted by Gasteiger charge is -2.15. The van der Waals surface area contributed by atoms with E-state index in [0.29, 0.717) is 23.6 Å². The summed E-state index contributed by atoms with van der Waals surface area (Å²) in [5.41, 5.74) is 2.23. The van der Waals surface area contributed by atoms with E-state index < -0.39 is 0 Å². The Bertz CT molecular complexity index is 900. The number of benzene rings is 2.